The number of pyridine rings is 1. The Hall–Kier alpha value is -2.67. The Morgan fingerprint density at radius 1 is 1.04 bits per heavy atom. The predicted octanol–water partition coefficient (Wildman–Crippen LogP) is 3.22. The summed E-state index contributed by atoms with van der Waals surface area (Å²) in [6, 6.07) is 12.2. The summed E-state index contributed by atoms with van der Waals surface area (Å²) in [5, 5.41) is 13.0. The largest absolute Gasteiger partial charge is 0.307 e. The number of para-hydroxylation sites is 1. The Morgan fingerprint density at radius 3 is 2.67 bits per heavy atom. The van der Waals surface area contributed by atoms with Crippen molar-refractivity contribution in [2.24, 2.45) is 0 Å². The lowest BCUT2D eigenvalue weighted by Crippen LogP contribution is -2.04. The summed E-state index contributed by atoms with van der Waals surface area (Å²) in [6.07, 6.45) is 4.03. The lowest BCUT2D eigenvalue weighted by atomic mass is 10.1. The second-order valence-electron chi connectivity index (χ2n) is 5.60. The van der Waals surface area contributed by atoms with Crippen LogP contribution in [0.4, 0.5) is 0 Å². The molecule has 4 rings (SSSR count). The topological polar surface area (TPSA) is 60.9 Å². The summed E-state index contributed by atoms with van der Waals surface area (Å²) in [4.78, 5) is 4.61. The maximum absolute atomic E-state index is 4.61. The summed E-state index contributed by atoms with van der Waals surface area (Å²) >= 11 is 1.59. The van der Waals surface area contributed by atoms with Gasteiger partial charge in [0.15, 0.2) is 0 Å². The van der Waals surface area contributed by atoms with E-state index in [1.807, 2.05) is 45.7 Å². The Kier molecular flexibility index (Phi) is 3.78. The Morgan fingerprint density at radius 2 is 1.88 bits per heavy atom. The van der Waals surface area contributed by atoms with E-state index in [1.54, 1.807) is 11.8 Å². The van der Waals surface area contributed by atoms with Gasteiger partial charge in [0.1, 0.15) is 5.65 Å². The second-order valence-corrected chi connectivity index (χ2v) is 6.54. The molecule has 0 unspecified atom stereocenters. The number of hydrogen-bond acceptors (Lipinski definition) is 5. The van der Waals surface area contributed by atoms with Gasteiger partial charge in [0.05, 0.1) is 11.4 Å². The molecule has 0 radical (unpaired) electrons. The SMILES string of the molecule is Cc1cccc(C)c1-n1nnnc1SCc1cn2ccccc2n1. The van der Waals surface area contributed by atoms with Crippen LogP contribution in [-0.4, -0.2) is 29.6 Å². The first-order valence-electron chi connectivity index (χ1n) is 7.63. The number of nitrogens with zero attached hydrogens (tertiary/aromatic N) is 6. The van der Waals surface area contributed by atoms with Gasteiger partial charge in [-0.1, -0.05) is 36.0 Å². The zero-order valence-corrected chi connectivity index (χ0v) is 14.2. The molecule has 6 nitrogen and oxygen atoms in total. The molecule has 4 aromatic rings. The van der Waals surface area contributed by atoms with Crippen molar-refractivity contribution in [3.8, 4) is 5.69 Å². The molecular formula is C17H16N6S. The molecule has 0 N–H and O–H groups in total. The van der Waals surface area contributed by atoms with E-state index < -0.39 is 0 Å². The van der Waals surface area contributed by atoms with Gasteiger partial charge < -0.3 is 4.40 Å². The normalized spacial score (nSPS) is 11.2. The van der Waals surface area contributed by atoms with Crippen molar-refractivity contribution < 1.29 is 0 Å². The fourth-order valence-corrected chi connectivity index (χ4v) is 3.50. The van der Waals surface area contributed by atoms with Gasteiger partial charge in [0.2, 0.25) is 5.16 Å². The minimum Gasteiger partial charge on any atom is -0.307 e. The van der Waals surface area contributed by atoms with Crippen LogP contribution in [0.5, 0.6) is 0 Å². The molecule has 0 aliphatic heterocycles. The summed E-state index contributed by atoms with van der Waals surface area (Å²) in [7, 11) is 0. The van der Waals surface area contributed by atoms with Crippen LogP contribution in [0, 0.1) is 13.8 Å². The molecule has 1 aromatic carbocycles. The fraction of sp³-hybridized carbons (Fsp3) is 0.176. The number of hydrogen-bond donors (Lipinski definition) is 0. The summed E-state index contributed by atoms with van der Waals surface area (Å²) < 4.78 is 3.83. The van der Waals surface area contributed by atoms with Crippen molar-refractivity contribution in [2.75, 3.05) is 0 Å². The number of thioether (sulfide) groups is 1. The standard InChI is InChI=1S/C17H16N6S/c1-12-6-5-7-13(2)16(12)23-17(19-20-21-23)24-11-14-10-22-9-4-3-8-15(22)18-14/h3-10H,11H2,1-2H3. The van der Waals surface area contributed by atoms with Gasteiger partial charge in [-0.2, -0.15) is 4.68 Å². The highest BCUT2D eigenvalue weighted by molar-refractivity contribution is 7.98. The highest BCUT2D eigenvalue weighted by Gasteiger charge is 2.14. The van der Waals surface area contributed by atoms with E-state index in [0.29, 0.717) is 5.75 Å². The number of tetrazole rings is 1. The molecule has 0 saturated carbocycles. The van der Waals surface area contributed by atoms with Gasteiger partial charge in [-0.25, -0.2) is 4.98 Å². The lowest BCUT2D eigenvalue weighted by Gasteiger charge is -2.10. The maximum atomic E-state index is 4.61. The van der Waals surface area contributed by atoms with Crippen LogP contribution in [0.15, 0.2) is 53.9 Å². The number of fused-ring (bicyclic) bond motifs is 1. The number of rotatable bonds is 4. The van der Waals surface area contributed by atoms with E-state index >= 15 is 0 Å². The predicted molar refractivity (Wildman–Crippen MR) is 93.4 cm³/mol. The zero-order valence-electron chi connectivity index (χ0n) is 13.4. The average molecular weight is 336 g/mol. The first-order valence-corrected chi connectivity index (χ1v) is 8.61. The highest BCUT2D eigenvalue weighted by atomic mass is 32.2. The maximum Gasteiger partial charge on any atom is 0.214 e. The van der Waals surface area contributed by atoms with Gasteiger partial charge in [-0.05, 0) is 47.5 Å². The molecule has 0 fully saturated rings. The molecule has 0 amide bonds. The highest BCUT2D eigenvalue weighted by Crippen LogP contribution is 2.25. The molecule has 0 saturated heterocycles. The quantitative estimate of drug-likeness (QED) is 0.536. The fourth-order valence-electron chi connectivity index (χ4n) is 2.74. The van der Waals surface area contributed by atoms with Gasteiger partial charge in [0, 0.05) is 18.1 Å². The molecule has 24 heavy (non-hydrogen) atoms. The number of imidazole rings is 1. The van der Waals surface area contributed by atoms with Crippen molar-refractivity contribution in [1.29, 1.82) is 0 Å². The Bertz CT molecular complexity index is 950. The van der Waals surface area contributed by atoms with Crippen LogP contribution >= 0.6 is 11.8 Å². The van der Waals surface area contributed by atoms with Crippen LogP contribution in [-0.2, 0) is 5.75 Å². The van der Waals surface area contributed by atoms with E-state index in [9.17, 15) is 0 Å². The summed E-state index contributed by atoms with van der Waals surface area (Å²) in [5.74, 6) is 0.715. The van der Waals surface area contributed by atoms with E-state index in [0.717, 1.165) is 33.3 Å². The third kappa shape index (κ3) is 2.67. The number of aromatic nitrogens is 6. The van der Waals surface area contributed by atoms with Crippen LogP contribution in [0.3, 0.4) is 0 Å². The van der Waals surface area contributed by atoms with Crippen LogP contribution in [0.1, 0.15) is 16.8 Å². The van der Waals surface area contributed by atoms with Crippen molar-refractivity contribution >= 4 is 17.4 Å². The molecule has 3 heterocycles. The van der Waals surface area contributed by atoms with Gasteiger partial charge in [-0.3, -0.25) is 0 Å². The van der Waals surface area contributed by atoms with Gasteiger partial charge in [0.25, 0.3) is 0 Å². The van der Waals surface area contributed by atoms with Crippen LogP contribution in [0.2, 0.25) is 0 Å². The minimum absolute atomic E-state index is 0.715. The molecule has 3 aromatic heterocycles. The summed E-state index contributed by atoms with van der Waals surface area (Å²) in [6.45, 7) is 4.14. The van der Waals surface area contributed by atoms with E-state index in [-0.39, 0.29) is 0 Å². The molecule has 0 atom stereocenters. The molecule has 7 heteroatoms. The summed E-state index contributed by atoms with van der Waals surface area (Å²) in [5.41, 5.74) is 5.29. The minimum atomic E-state index is 0.715. The average Bonchev–Trinajstić information content (AvgIpc) is 3.19. The lowest BCUT2D eigenvalue weighted by molar-refractivity contribution is 0.747. The van der Waals surface area contributed by atoms with E-state index in [4.69, 9.17) is 0 Å². The second kappa shape index (κ2) is 6.09. The molecule has 0 bridgehead atoms. The Labute approximate surface area is 143 Å². The van der Waals surface area contributed by atoms with Crippen molar-refractivity contribution in [3.63, 3.8) is 0 Å². The van der Waals surface area contributed by atoms with Crippen LogP contribution in [0.25, 0.3) is 11.3 Å². The van der Waals surface area contributed by atoms with Gasteiger partial charge in [-0.15, -0.1) is 5.10 Å². The first kappa shape index (κ1) is 14.9. The number of benzene rings is 1. The van der Waals surface area contributed by atoms with Crippen molar-refractivity contribution in [1.82, 2.24) is 29.6 Å². The molecular weight excluding hydrogens is 320 g/mol. The third-order valence-electron chi connectivity index (χ3n) is 3.86. The first-order chi connectivity index (χ1) is 11.7. The van der Waals surface area contributed by atoms with Crippen molar-refractivity contribution in [3.05, 3.63) is 65.6 Å². The zero-order chi connectivity index (χ0) is 16.5. The molecule has 0 aliphatic carbocycles. The molecule has 0 spiro atoms. The smallest absolute Gasteiger partial charge is 0.214 e. The molecule has 120 valence electrons. The van der Waals surface area contributed by atoms with Crippen molar-refractivity contribution in [2.45, 2.75) is 24.8 Å². The van der Waals surface area contributed by atoms with E-state index in [2.05, 4.69) is 46.5 Å². The Balaban J connectivity index is 1.61. The number of aryl methyl sites for hydroxylation is 2. The molecule has 0 aliphatic rings. The monoisotopic (exact) mass is 336 g/mol. The van der Waals surface area contributed by atoms with Gasteiger partial charge >= 0.3 is 0 Å². The van der Waals surface area contributed by atoms with Crippen LogP contribution < -0.4 is 0 Å². The van der Waals surface area contributed by atoms with E-state index in [1.165, 1.54) is 0 Å². The third-order valence-corrected chi connectivity index (χ3v) is 4.81.